The van der Waals surface area contributed by atoms with Crippen molar-refractivity contribution < 1.29 is 19.1 Å². The van der Waals surface area contributed by atoms with E-state index in [0.29, 0.717) is 37.3 Å². The number of nitrogens with zero attached hydrogens (tertiary/aromatic N) is 4. The van der Waals surface area contributed by atoms with Gasteiger partial charge < -0.3 is 20.7 Å². The highest BCUT2D eigenvalue weighted by molar-refractivity contribution is 5.89. The Labute approximate surface area is 228 Å². The second kappa shape index (κ2) is 11.4. The van der Waals surface area contributed by atoms with Crippen LogP contribution < -0.4 is 16.7 Å². The van der Waals surface area contributed by atoms with Crippen molar-refractivity contribution in [3.05, 3.63) is 34.7 Å². The highest BCUT2D eigenvalue weighted by atomic mass is 16.6. The SMILES string of the molecule is CC(C)n1c(=O)n(C(=O)N[C@H]2C[C@H]3CC[C@@H](C2)N3CCCOC(=O)N2CCCC(C(N)=O)C2)c2ccccc21. The summed E-state index contributed by atoms with van der Waals surface area (Å²) in [7, 11) is 0. The van der Waals surface area contributed by atoms with E-state index in [1.165, 1.54) is 4.57 Å². The van der Waals surface area contributed by atoms with E-state index in [4.69, 9.17) is 10.5 Å². The van der Waals surface area contributed by atoms with Crippen LogP contribution in [0.2, 0.25) is 0 Å². The Morgan fingerprint density at radius 3 is 2.44 bits per heavy atom. The zero-order valence-corrected chi connectivity index (χ0v) is 22.9. The van der Waals surface area contributed by atoms with E-state index >= 15 is 0 Å². The zero-order valence-electron chi connectivity index (χ0n) is 22.9. The average Bonchev–Trinajstić information content (AvgIpc) is 3.34. The number of hydrogen-bond donors (Lipinski definition) is 2. The van der Waals surface area contributed by atoms with Crippen molar-refractivity contribution in [2.75, 3.05) is 26.2 Å². The quantitative estimate of drug-likeness (QED) is 0.519. The summed E-state index contributed by atoms with van der Waals surface area (Å²) in [6.07, 6.45) is 5.65. The first-order chi connectivity index (χ1) is 18.7. The van der Waals surface area contributed by atoms with Crippen LogP contribution in [0.3, 0.4) is 0 Å². The minimum Gasteiger partial charge on any atom is -0.449 e. The second-order valence-corrected chi connectivity index (χ2v) is 11.5. The summed E-state index contributed by atoms with van der Waals surface area (Å²) < 4.78 is 8.43. The van der Waals surface area contributed by atoms with Gasteiger partial charge in [0.05, 0.1) is 23.6 Å². The van der Waals surface area contributed by atoms with E-state index < -0.39 is 0 Å². The molecule has 4 atom stereocenters. The summed E-state index contributed by atoms with van der Waals surface area (Å²) in [6, 6.07) is 7.72. The number of piperidine rings is 2. The third kappa shape index (κ3) is 5.54. The monoisotopic (exact) mass is 540 g/mol. The number of benzene rings is 1. The van der Waals surface area contributed by atoms with Crippen LogP contribution in [0.5, 0.6) is 0 Å². The average molecular weight is 541 g/mol. The van der Waals surface area contributed by atoms with Gasteiger partial charge in [-0.05, 0) is 70.9 Å². The van der Waals surface area contributed by atoms with Gasteiger partial charge in [0.2, 0.25) is 5.91 Å². The lowest BCUT2D eigenvalue weighted by Gasteiger charge is -2.39. The third-order valence-corrected chi connectivity index (χ3v) is 8.58. The summed E-state index contributed by atoms with van der Waals surface area (Å²) in [4.78, 5) is 54.4. The molecule has 1 aromatic heterocycles. The number of rotatable bonds is 7. The summed E-state index contributed by atoms with van der Waals surface area (Å²) in [5.74, 6) is -0.659. The van der Waals surface area contributed by atoms with E-state index in [0.717, 1.165) is 57.0 Å². The summed E-state index contributed by atoms with van der Waals surface area (Å²) >= 11 is 0. The number of likely N-dealkylation sites (tertiary alicyclic amines) is 1. The molecule has 39 heavy (non-hydrogen) atoms. The van der Waals surface area contributed by atoms with Gasteiger partial charge in [-0.1, -0.05) is 12.1 Å². The Morgan fingerprint density at radius 2 is 1.77 bits per heavy atom. The molecule has 1 unspecified atom stereocenters. The van der Waals surface area contributed by atoms with Crippen molar-refractivity contribution in [1.82, 2.24) is 24.3 Å². The van der Waals surface area contributed by atoms with E-state index in [1.807, 2.05) is 38.1 Å². The fraction of sp³-hybridized carbons (Fsp3) is 0.643. The van der Waals surface area contributed by atoms with Gasteiger partial charge in [0.25, 0.3) is 0 Å². The topological polar surface area (TPSA) is 132 Å². The minimum absolute atomic E-state index is 0.00874. The smallest absolute Gasteiger partial charge is 0.409 e. The van der Waals surface area contributed by atoms with Crippen molar-refractivity contribution in [1.29, 1.82) is 0 Å². The van der Waals surface area contributed by atoms with E-state index in [2.05, 4.69) is 10.2 Å². The van der Waals surface area contributed by atoms with E-state index in [-0.39, 0.29) is 41.7 Å². The Kier molecular flexibility index (Phi) is 7.97. The highest BCUT2D eigenvalue weighted by Crippen LogP contribution is 2.36. The number of carbonyl (C=O) groups is 3. The maximum atomic E-state index is 13.3. The molecule has 3 saturated heterocycles. The standard InChI is InChI=1S/C28H40N6O5/c1-18(2)33-23-8-3-4-9-24(23)34(27(33)37)26(36)30-20-15-21-10-11-22(16-20)32(21)13-6-14-39-28(38)31-12-5-7-19(17-31)25(29)35/h3-4,8-9,18-22H,5-7,10-17H2,1-2H3,(H2,29,35)(H,30,36)/t19?,20-,21+,22-. The number of amides is 3. The first-order valence-corrected chi connectivity index (χ1v) is 14.2. The van der Waals surface area contributed by atoms with Crippen LogP contribution in [-0.2, 0) is 9.53 Å². The lowest BCUT2D eigenvalue weighted by Crippen LogP contribution is -2.52. The zero-order chi connectivity index (χ0) is 27.7. The Hall–Kier alpha value is -3.34. The van der Waals surface area contributed by atoms with Gasteiger partial charge in [-0.3, -0.25) is 14.3 Å². The Morgan fingerprint density at radius 1 is 1.08 bits per heavy atom. The third-order valence-electron chi connectivity index (χ3n) is 8.58. The number of para-hydroxylation sites is 2. The van der Waals surface area contributed by atoms with Crippen molar-refractivity contribution in [2.24, 2.45) is 11.7 Å². The van der Waals surface area contributed by atoms with Crippen LogP contribution in [0.15, 0.2) is 29.1 Å². The van der Waals surface area contributed by atoms with Crippen molar-refractivity contribution >= 4 is 29.1 Å². The van der Waals surface area contributed by atoms with Gasteiger partial charge in [0.15, 0.2) is 0 Å². The molecule has 2 aromatic rings. The molecule has 0 spiro atoms. The molecule has 3 aliphatic rings. The number of fused-ring (bicyclic) bond motifs is 3. The Bertz CT molecular complexity index is 1270. The molecule has 0 radical (unpaired) electrons. The molecule has 3 fully saturated rings. The fourth-order valence-corrected chi connectivity index (χ4v) is 6.74. The molecule has 3 aliphatic heterocycles. The van der Waals surface area contributed by atoms with Crippen molar-refractivity contribution in [2.45, 2.75) is 83.0 Å². The molecule has 1 aromatic carbocycles. The highest BCUT2D eigenvalue weighted by Gasteiger charge is 2.41. The number of aromatic nitrogens is 2. The number of nitrogens with one attached hydrogen (secondary N) is 1. The minimum atomic E-state index is -0.376. The van der Waals surface area contributed by atoms with Crippen LogP contribution in [0, 0.1) is 5.92 Å². The molecule has 5 rings (SSSR count). The number of nitrogens with two attached hydrogens (primary N) is 1. The number of imidazole rings is 1. The molecule has 2 bridgehead atoms. The number of hydrogen-bond acceptors (Lipinski definition) is 6. The van der Waals surface area contributed by atoms with Crippen LogP contribution >= 0.6 is 0 Å². The molecular formula is C28H40N6O5. The molecule has 11 nitrogen and oxygen atoms in total. The van der Waals surface area contributed by atoms with E-state index in [9.17, 15) is 19.2 Å². The summed E-state index contributed by atoms with van der Waals surface area (Å²) in [6.45, 7) is 5.97. The summed E-state index contributed by atoms with van der Waals surface area (Å²) in [5.41, 5.74) is 6.48. The normalized spacial score (nSPS) is 25.3. The lowest BCUT2D eigenvalue weighted by atomic mass is 9.97. The molecule has 4 heterocycles. The molecule has 3 N–H and O–H groups in total. The predicted octanol–water partition coefficient (Wildman–Crippen LogP) is 2.66. The van der Waals surface area contributed by atoms with Gasteiger partial charge in [-0.15, -0.1) is 0 Å². The van der Waals surface area contributed by atoms with Crippen LogP contribution in [0.1, 0.15) is 64.8 Å². The molecule has 11 heteroatoms. The molecule has 212 valence electrons. The second-order valence-electron chi connectivity index (χ2n) is 11.5. The van der Waals surface area contributed by atoms with Gasteiger partial charge in [0, 0.05) is 43.8 Å². The van der Waals surface area contributed by atoms with Crippen LogP contribution in [0.4, 0.5) is 9.59 Å². The van der Waals surface area contributed by atoms with Gasteiger partial charge >= 0.3 is 17.8 Å². The first-order valence-electron chi connectivity index (χ1n) is 14.2. The molecular weight excluding hydrogens is 500 g/mol. The summed E-state index contributed by atoms with van der Waals surface area (Å²) in [5, 5.41) is 3.15. The van der Waals surface area contributed by atoms with E-state index in [1.54, 1.807) is 9.47 Å². The van der Waals surface area contributed by atoms with Gasteiger partial charge in [0.1, 0.15) is 0 Å². The van der Waals surface area contributed by atoms with Crippen LogP contribution in [-0.4, -0.2) is 81.3 Å². The molecule has 0 saturated carbocycles. The number of carbonyl (C=O) groups excluding carboxylic acids is 3. The predicted molar refractivity (Wildman–Crippen MR) is 147 cm³/mol. The van der Waals surface area contributed by atoms with Crippen molar-refractivity contribution in [3.63, 3.8) is 0 Å². The molecule has 0 aliphatic carbocycles. The van der Waals surface area contributed by atoms with Gasteiger partial charge in [-0.2, -0.15) is 0 Å². The lowest BCUT2D eigenvalue weighted by molar-refractivity contribution is -0.123. The maximum Gasteiger partial charge on any atom is 0.409 e. The maximum absolute atomic E-state index is 13.3. The number of ether oxygens (including phenoxy) is 1. The number of primary amides is 1. The van der Waals surface area contributed by atoms with Crippen molar-refractivity contribution in [3.8, 4) is 0 Å². The van der Waals surface area contributed by atoms with Gasteiger partial charge in [-0.25, -0.2) is 19.0 Å². The Balaban J connectivity index is 1.12. The fourth-order valence-electron chi connectivity index (χ4n) is 6.74. The largest absolute Gasteiger partial charge is 0.449 e. The molecule has 3 amide bonds. The van der Waals surface area contributed by atoms with Crippen LogP contribution in [0.25, 0.3) is 11.0 Å². The first kappa shape index (κ1) is 27.2.